The number of carbonyl (C=O) groups is 1. The summed E-state index contributed by atoms with van der Waals surface area (Å²) in [6.07, 6.45) is 0. The van der Waals surface area contributed by atoms with E-state index in [1.54, 1.807) is 29.7 Å². The Bertz CT molecular complexity index is 1030. The molecule has 27 heavy (non-hydrogen) atoms. The highest BCUT2D eigenvalue weighted by Gasteiger charge is 2.22. The minimum absolute atomic E-state index is 0.0618. The molecule has 1 amide bonds. The molecule has 1 atom stereocenters. The van der Waals surface area contributed by atoms with Crippen molar-refractivity contribution in [2.45, 2.75) is 17.3 Å². The monoisotopic (exact) mass is 444 g/mol. The van der Waals surface area contributed by atoms with E-state index in [4.69, 9.17) is 40.5 Å². The first-order valence-corrected chi connectivity index (χ1v) is 9.61. The first-order valence-electron chi connectivity index (χ1n) is 7.60. The fourth-order valence-electron chi connectivity index (χ4n) is 2.26. The molecule has 3 aromatic rings. The van der Waals surface area contributed by atoms with Crippen LogP contribution < -0.4 is 5.73 Å². The number of hydrogen-bond donors (Lipinski definition) is 1. The van der Waals surface area contributed by atoms with Gasteiger partial charge in [0.25, 0.3) is 0 Å². The number of benzene rings is 2. The van der Waals surface area contributed by atoms with Gasteiger partial charge in [0.15, 0.2) is 11.0 Å². The Hall–Kier alpha value is -1.80. The van der Waals surface area contributed by atoms with E-state index >= 15 is 0 Å². The molecule has 0 aliphatic carbocycles. The lowest BCUT2D eigenvalue weighted by Crippen LogP contribution is -2.23. The summed E-state index contributed by atoms with van der Waals surface area (Å²) in [7, 11) is 0. The number of primary amides is 1. The van der Waals surface area contributed by atoms with Crippen molar-refractivity contribution in [3.05, 3.63) is 57.3 Å². The molecule has 0 spiro atoms. The number of aromatic nitrogens is 3. The first-order chi connectivity index (χ1) is 12.8. The molecule has 0 fully saturated rings. The smallest absolute Gasteiger partial charge is 0.230 e. The minimum Gasteiger partial charge on any atom is -0.369 e. The predicted octanol–water partition coefficient (Wildman–Crippen LogP) is 5.00. The molecule has 0 aliphatic heterocycles. The molecule has 2 N–H and O–H groups in total. The van der Waals surface area contributed by atoms with Gasteiger partial charge in [0.05, 0.1) is 21.0 Å². The molecule has 1 heterocycles. The number of halogens is 4. The maximum Gasteiger partial charge on any atom is 0.230 e. The summed E-state index contributed by atoms with van der Waals surface area (Å²) in [5, 5.41) is 8.93. The van der Waals surface area contributed by atoms with Gasteiger partial charge in [-0.25, -0.2) is 4.39 Å². The van der Waals surface area contributed by atoms with Crippen molar-refractivity contribution < 1.29 is 9.18 Å². The van der Waals surface area contributed by atoms with Gasteiger partial charge in [0.2, 0.25) is 5.91 Å². The van der Waals surface area contributed by atoms with Crippen molar-refractivity contribution >= 4 is 52.5 Å². The number of nitrogens with two attached hydrogens (primary N) is 1. The second-order valence-corrected chi connectivity index (χ2v) is 8.09. The Labute approximate surface area is 173 Å². The molecule has 0 radical (unpaired) electrons. The number of carbonyl (C=O) groups excluding carboxylic acids is 1. The lowest BCUT2D eigenvalue weighted by molar-refractivity contribution is -0.117. The molecule has 0 saturated heterocycles. The molecular formula is C17H12Cl3FN4OS. The van der Waals surface area contributed by atoms with Gasteiger partial charge < -0.3 is 5.73 Å². The molecule has 0 aliphatic rings. The maximum absolute atomic E-state index is 13.6. The summed E-state index contributed by atoms with van der Waals surface area (Å²) in [4.78, 5) is 11.5. The Morgan fingerprint density at radius 2 is 1.89 bits per heavy atom. The largest absolute Gasteiger partial charge is 0.369 e. The highest BCUT2D eigenvalue weighted by molar-refractivity contribution is 8.00. The van der Waals surface area contributed by atoms with Crippen LogP contribution in [0, 0.1) is 5.82 Å². The van der Waals surface area contributed by atoms with E-state index in [9.17, 15) is 9.18 Å². The van der Waals surface area contributed by atoms with E-state index in [0.717, 1.165) is 11.8 Å². The number of thioether (sulfide) groups is 1. The average Bonchev–Trinajstić information content (AvgIpc) is 3.00. The topological polar surface area (TPSA) is 73.8 Å². The van der Waals surface area contributed by atoms with Gasteiger partial charge in [-0.05, 0) is 43.3 Å². The molecule has 1 aromatic heterocycles. The molecule has 1 unspecified atom stereocenters. The number of hydrogen-bond acceptors (Lipinski definition) is 4. The van der Waals surface area contributed by atoms with Gasteiger partial charge in [-0.1, -0.05) is 46.6 Å². The summed E-state index contributed by atoms with van der Waals surface area (Å²) in [6.45, 7) is 1.65. The standard InChI is InChI=1S/C17H12Cl3FN4OS/c1-8(15(22)26)27-17-24-23-16(11-4-2-9(18)6-12(11)19)25(17)10-3-5-14(21)13(20)7-10/h2-8H,1H3,(H2,22,26). The van der Waals surface area contributed by atoms with Crippen LogP contribution in [0.5, 0.6) is 0 Å². The van der Waals surface area contributed by atoms with E-state index in [0.29, 0.717) is 32.3 Å². The molecule has 3 rings (SSSR count). The van der Waals surface area contributed by atoms with Crippen LogP contribution >= 0.6 is 46.6 Å². The van der Waals surface area contributed by atoms with Gasteiger partial charge in [0.1, 0.15) is 5.82 Å². The molecule has 5 nitrogen and oxygen atoms in total. The van der Waals surface area contributed by atoms with E-state index in [1.165, 1.54) is 18.2 Å². The van der Waals surface area contributed by atoms with Gasteiger partial charge >= 0.3 is 0 Å². The second-order valence-electron chi connectivity index (χ2n) is 5.53. The van der Waals surface area contributed by atoms with E-state index in [2.05, 4.69) is 10.2 Å². The van der Waals surface area contributed by atoms with Crippen LogP contribution in [0.3, 0.4) is 0 Å². The highest BCUT2D eigenvalue weighted by atomic mass is 35.5. The van der Waals surface area contributed by atoms with E-state index in [1.807, 2.05) is 0 Å². The molecule has 0 saturated carbocycles. The van der Waals surface area contributed by atoms with Gasteiger partial charge in [-0.15, -0.1) is 10.2 Å². The molecule has 10 heteroatoms. The number of amides is 1. The molecule has 2 aromatic carbocycles. The van der Waals surface area contributed by atoms with Gasteiger partial charge in [-0.3, -0.25) is 9.36 Å². The zero-order chi connectivity index (χ0) is 19.7. The molecule has 140 valence electrons. The van der Waals surface area contributed by atoms with Crippen molar-refractivity contribution in [2.24, 2.45) is 5.73 Å². The fraction of sp³-hybridized carbons (Fsp3) is 0.118. The summed E-state index contributed by atoms with van der Waals surface area (Å²) in [5.41, 5.74) is 6.42. The Kier molecular flexibility index (Phi) is 5.95. The minimum atomic E-state index is -0.558. The number of nitrogens with zero attached hydrogens (tertiary/aromatic N) is 3. The van der Waals surface area contributed by atoms with Crippen LogP contribution in [0.25, 0.3) is 17.1 Å². The van der Waals surface area contributed by atoms with Crippen LogP contribution in [0.4, 0.5) is 4.39 Å². The average molecular weight is 446 g/mol. The lowest BCUT2D eigenvalue weighted by Gasteiger charge is -2.13. The van der Waals surface area contributed by atoms with Crippen LogP contribution in [0.1, 0.15) is 6.92 Å². The van der Waals surface area contributed by atoms with Crippen LogP contribution in [-0.2, 0) is 4.79 Å². The SMILES string of the molecule is CC(Sc1nnc(-c2ccc(Cl)cc2Cl)n1-c1ccc(F)c(Cl)c1)C(N)=O. The third kappa shape index (κ3) is 4.21. The number of rotatable bonds is 5. The predicted molar refractivity (Wildman–Crippen MR) is 106 cm³/mol. The van der Waals surface area contributed by atoms with Crippen LogP contribution in [0.2, 0.25) is 15.1 Å². The first kappa shape index (κ1) is 19.9. The highest BCUT2D eigenvalue weighted by Crippen LogP contribution is 2.35. The Morgan fingerprint density at radius 1 is 1.15 bits per heavy atom. The normalized spacial score (nSPS) is 12.2. The molecular weight excluding hydrogens is 434 g/mol. The molecule has 0 bridgehead atoms. The Balaban J connectivity index is 2.20. The lowest BCUT2D eigenvalue weighted by atomic mass is 10.2. The van der Waals surface area contributed by atoms with Crippen LogP contribution in [-0.4, -0.2) is 25.9 Å². The van der Waals surface area contributed by atoms with E-state index < -0.39 is 17.0 Å². The van der Waals surface area contributed by atoms with Crippen LogP contribution in [0.15, 0.2) is 41.6 Å². The zero-order valence-electron chi connectivity index (χ0n) is 13.8. The summed E-state index contributed by atoms with van der Waals surface area (Å²) in [6, 6.07) is 9.13. The third-order valence-corrected chi connectivity index (χ3v) is 5.55. The van der Waals surface area contributed by atoms with Crippen molar-refractivity contribution in [1.82, 2.24) is 14.8 Å². The second kappa shape index (κ2) is 8.06. The van der Waals surface area contributed by atoms with Crippen molar-refractivity contribution in [1.29, 1.82) is 0 Å². The summed E-state index contributed by atoms with van der Waals surface area (Å²) < 4.78 is 15.2. The van der Waals surface area contributed by atoms with E-state index in [-0.39, 0.29) is 5.02 Å². The summed E-state index contributed by atoms with van der Waals surface area (Å²) in [5.74, 6) is -0.671. The Morgan fingerprint density at radius 3 is 2.52 bits per heavy atom. The fourth-order valence-corrected chi connectivity index (χ4v) is 3.75. The summed E-state index contributed by atoms with van der Waals surface area (Å²) >= 11 is 19.3. The quantitative estimate of drug-likeness (QED) is 0.561. The maximum atomic E-state index is 13.6. The third-order valence-electron chi connectivity index (χ3n) is 3.65. The van der Waals surface area contributed by atoms with Crippen molar-refractivity contribution in [2.75, 3.05) is 0 Å². The zero-order valence-corrected chi connectivity index (χ0v) is 16.9. The van der Waals surface area contributed by atoms with Crippen molar-refractivity contribution in [3.8, 4) is 17.1 Å². The van der Waals surface area contributed by atoms with Gasteiger partial charge in [-0.2, -0.15) is 0 Å². The van der Waals surface area contributed by atoms with Gasteiger partial charge in [0, 0.05) is 10.6 Å². The van der Waals surface area contributed by atoms with Crippen molar-refractivity contribution in [3.63, 3.8) is 0 Å².